The van der Waals surface area contributed by atoms with Gasteiger partial charge in [-0.05, 0) is 52.5 Å². The lowest BCUT2D eigenvalue weighted by atomic mass is 10.2. The zero-order valence-corrected chi connectivity index (χ0v) is 14.2. The van der Waals surface area contributed by atoms with E-state index in [4.69, 9.17) is 4.74 Å². The van der Waals surface area contributed by atoms with Crippen LogP contribution in [0.1, 0.15) is 23.3 Å². The molecule has 0 aromatic carbocycles. The van der Waals surface area contributed by atoms with E-state index < -0.39 is 0 Å². The number of aryl methyl sites for hydroxylation is 1. The summed E-state index contributed by atoms with van der Waals surface area (Å²) in [6.45, 7) is 0.502. The Bertz CT molecular complexity index is 601. The fourth-order valence-electron chi connectivity index (χ4n) is 1.87. The van der Waals surface area contributed by atoms with Gasteiger partial charge >= 0.3 is 0 Å². The Hall–Kier alpha value is -1.40. The maximum Gasteiger partial charge on any atom is 0.220 e. The predicted octanol–water partition coefficient (Wildman–Crippen LogP) is 3.55. The van der Waals surface area contributed by atoms with Gasteiger partial charge in [-0.1, -0.05) is 0 Å². The molecule has 2 aromatic rings. The van der Waals surface area contributed by atoms with E-state index in [0.717, 1.165) is 22.2 Å². The molecular weight excluding hydrogens is 352 g/mol. The molecule has 0 saturated carbocycles. The smallest absolute Gasteiger partial charge is 0.220 e. The van der Waals surface area contributed by atoms with Crippen molar-refractivity contribution in [2.75, 3.05) is 7.11 Å². The van der Waals surface area contributed by atoms with Crippen molar-refractivity contribution in [3.8, 4) is 5.88 Å². The van der Waals surface area contributed by atoms with E-state index in [2.05, 4.69) is 32.3 Å². The normalized spacial score (nSPS) is 10.4. The van der Waals surface area contributed by atoms with E-state index in [1.165, 1.54) is 4.88 Å². The van der Waals surface area contributed by atoms with E-state index in [1.54, 1.807) is 24.6 Å². The second kappa shape index (κ2) is 8.14. The van der Waals surface area contributed by atoms with Gasteiger partial charge < -0.3 is 10.1 Å². The number of hydrogen-bond donors (Lipinski definition) is 1. The highest BCUT2D eigenvalue weighted by molar-refractivity contribution is 9.11. The van der Waals surface area contributed by atoms with Crippen LogP contribution in [-0.2, 0) is 17.8 Å². The van der Waals surface area contributed by atoms with Gasteiger partial charge in [-0.2, -0.15) is 0 Å². The summed E-state index contributed by atoms with van der Waals surface area (Å²) < 4.78 is 6.18. The van der Waals surface area contributed by atoms with Gasteiger partial charge in [-0.15, -0.1) is 11.3 Å². The molecule has 0 aliphatic rings. The number of hydrogen-bond acceptors (Lipinski definition) is 4. The average molecular weight is 369 g/mol. The number of amides is 1. The predicted molar refractivity (Wildman–Crippen MR) is 87.6 cm³/mol. The number of pyridine rings is 1. The average Bonchev–Trinajstić information content (AvgIpc) is 2.91. The van der Waals surface area contributed by atoms with Gasteiger partial charge in [0.25, 0.3) is 0 Å². The number of methoxy groups -OCH3 is 1. The lowest BCUT2D eigenvalue weighted by Gasteiger charge is -2.06. The first-order valence-corrected chi connectivity index (χ1v) is 8.28. The van der Waals surface area contributed by atoms with Crippen LogP contribution in [0.25, 0.3) is 0 Å². The third-order valence-corrected chi connectivity index (χ3v) is 4.64. The minimum Gasteiger partial charge on any atom is -0.481 e. The molecule has 0 aliphatic heterocycles. The number of halogens is 1. The molecule has 2 rings (SSSR count). The maximum absolute atomic E-state index is 11.8. The van der Waals surface area contributed by atoms with Gasteiger partial charge in [0.15, 0.2) is 0 Å². The van der Waals surface area contributed by atoms with Crippen molar-refractivity contribution < 1.29 is 9.53 Å². The topological polar surface area (TPSA) is 51.2 Å². The van der Waals surface area contributed by atoms with Crippen molar-refractivity contribution in [1.29, 1.82) is 0 Å². The van der Waals surface area contributed by atoms with Crippen LogP contribution in [0.4, 0.5) is 0 Å². The molecule has 2 heterocycles. The first kappa shape index (κ1) is 16.0. The number of carbonyl (C=O) groups is 1. The van der Waals surface area contributed by atoms with Crippen LogP contribution < -0.4 is 10.1 Å². The first-order chi connectivity index (χ1) is 10.2. The zero-order chi connectivity index (χ0) is 15.1. The Morgan fingerprint density at radius 2 is 2.29 bits per heavy atom. The number of nitrogens with zero attached hydrogens (tertiary/aromatic N) is 1. The number of thiophene rings is 1. The summed E-state index contributed by atoms with van der Waals surface area (Å²) in [4.78, 5) is 17.1. The summed E-state index contributed by atoms with van der Waals surface area (Å²) in [5.41, 5.74) is 0.984. The van der Waals surface area contributed by atoms with Crippen molar-refractivity contribution in [1.82, 2.24) is 10.3 Å². The van der Waals surface area contributed by atoms with Crippen molar-refractivity contribution in [3.63, 3.8) is 0 Å². The van der Waals surface area contributed by atoms with Gasteiger partial charge in [0.2, 0.25) is 11.8 Å². The zero-order valence-electron chi connectivity index (χ0n) is 11.8. The highest BCUT2D eigenvalue weighted by Gasteiger charge is 2.04. The summed E-state index contributed by atoms with van der Waals surface area (Å²) in [5.74, 6) is 0.631. The molecule has 6 heteroatoms. The molecule has 1 N–H and O–H groups in total. The molecule has 0 spiro atoms. The molecule has 4 nitrogen and oxygen atoms in total. The fraction of sp³-hybridized carbons (Fsp3) is 0.333. The number of aromatic nitrogens is 1. The quantitative estimate of drug-likeness (QED) is 0.812. The van der Waals surface area contributed by atoms with Gasteiger partial charge in [0.1, 0.15) is 0 Å². The number of rotatable bonds is 7. The van der Waals surface area contributed by atoms with Gasteiger partial charge in [-0.25, -0.2) is 4.98 Å². The largest absolute Gasteiger partial charge is 0.481 e. The molecule has 0 aliphatic carbocycles. The highest BCUT2D eigenvalue weighted by atomic mass is 79.9. The van der Waals surface area contributed by atoms with Crippen LogP contribution in [0.5, 0.6) is 5.88 Å². The standard InChI is InChI=1S/C15H17BrN2O2S/c1-20-15-9-11(7-8-17-15)10-18-14(19)4-2-3-12-5-6-13(16)21-12/h5-9H,2-4,10H2,1H3,(H,18,19). The third kappa shape index (κ3) is 5.47. The monoisotopic (exact) mass is 368 g/mol. The molecule has 0 bridgehead atoms. The van der Waals surface area contributed by atoms with Gasteiger partial charge in [0.05, 0.1) is 10.9 Å². The van der Waals surface area contributed by atoms with Crippen LogP contribution in [0.2, 0.25) is 0 Å². The third-order valence-electron chi connectivity index (χ3n) is 2.95. The summed E-state index contributed by atoms with van der Waals surface area (Å²) in [5, 5.41) is 2.91. The van der Waals surface area contributed by atoms with Crippen molar-refractivity contribution in [3.05, 3.63) is 44.7 Å². The van der Waals surface area contributed by atoms with E-state index in [0.29, 0.717) is 18.8 Å². The van der Waals surface area contributed by atoms with Crippen LogP contribution in [0.3, 0.4) is 0 Å². The summed E-state index contributed by atoms with van der Waals surface area (Å²) >= 11 is 5.16. The SMILES string of the molecule is COc1cc(CNC(=O)CCCc2ccc(Br)s2)ccn1. The Labute approximate surface area is 136 Å². The lowest BCUT2D eigenvalue weighted by molar-refractivity contribution is -0.121. The number of carbonyl (C=O) groups excluding carboxylic acids is 1. The van der Waals surface area contributed by atoms with Gasteiger partial charge in [-0.3, -0.25) is 4.79 Å². The first-order valence-electron chi connectivity index (χ1n) is 6.67. The van der Waals surface area contributed by atoms with Crippen molar-refractivity contribution >= 4 is 33.2 Å². The minimum atomic E-state index is 0.0707. The summed E-state index contributed by atoms with van der Waals surface area (Å²) in [6, 6.07) is 7.82. The Kier molecular flexibility index (Phi) is 6.20. The summed E-state index contributed by atoms with van der Waals surface area (Å²) in [6.07, 6.45) is 4.01. The second-order valence-corrected chi connectivity index (χ2v) is 7.09. The molecule has 0 fully saturated rings. The molecule has 0 unspecified atom stereocenters. The van der Waals surface area contributed by atoms with Gasteiger partial charge in [0, 0.05) is 30.1 Å². The van der Waals surface area contributed by atoms with E-state index in [1.807, 2.05) is 18.2 Å². The molecule has 112 valence electrons. The molecule has 0 atom stereocenters. The van der Waals surface area contributed by atoms with E-state index >= 15 is 0 Å². The van der Waals surface area contributed by atoms with Crippen molar-refractivity contribution in [2.24, 2.45) is 0 Å². The molecule has 0 radical (unpaired) electrons. The Morgan fingerprint density at radius 1 is 1.43 bits per heavy atom. The number of nitrogens with one attached hydrogen (secondary N) is 1. The van der Waals surface area contributed by atoms with E-state index in [9.17, 15) is 4.79 Å². The summed E-state index contributed by atoms with van der Waals surface area (Å²) in [7, 11) is 1.58. The number of ether oxygens (including phenoxy) is 1. The second-order valence-electron chi connectivity index (χ2n) is 4.54. The minimum absolute atomic E-state index is 0.0707. The Balaban J connectivity index is 1.69. The van der Waals surface area contributed by atoms with Crippen LogP contribution in [-0.4, -0.2) is 18.0 Å². The molecular formula is C15H17BrN2O2S. The maximum atomic E-state index is 11.8. The Morgan fingerprint density at radius 3 is 3.00 bits per heavy atom. The van der Waals surface area contributed by atoms with E-state index in [-0.39, 0.29) is 5.91 Å². The van der Waals surface area contributed by atoms with Crippen LogP contribution >= 0.6 is 27.3 Å². The fourth-order valence-corrected chi connectivity index (χ4v) is 3.40. The molecule has 2 aromatic heterocycles. The van der Waals surface area contributed by atoms with Crippen LogP contribution in [0, 0.1) is 0 Å². The molecule has 21 heavy (non-hydrogen) atoms. The highest BCUT2D eigenvalue weighted by Crippen LogP contribution is 2.23. The molecule has 1 amide bonds. The molecule has 0 saturated heterocycles. The lowest BCUT2D eigenvalue weighted by Crippen LogP contribution is -2.22. The van der Waals surface area contributed by atoms with Crippen LogP contribution in [0.15, 0.2) is 34.2 Å². The van der Waals surface area contributed by atoms with Crippen molar-refractivity contribution in [2.45, 2.75) is 25.8 Å².